The number of carbonyl (C=O) groups excluding carboxylic acids is 1. The Bertz CT molecular complexity index is 1090. The van der Waals surface area contributed by atoms with Crippen molar-refractivity contribution in [3.8, 4) is 11.4 Å². The molecule has 0 aliphatic carbocycles. The maximum absolute atomic E-state index is 12.4. The molecule has 1 atom stereocenters. The molecule has 1 saturated heterocycles. The number of amides is 1. The third-order valence-corrected chi connectivity index (χ3v) is 5.07. The monoisotopic (exact) mass is 424 g/mol. The van der Waals surface area contributed by atoms with Crippen LogP contribution in [0.25, 0.3) is 22.6 Å². The van der Waals surface area contributed by atoms with Crippen molar-refractivity contribution in [2.24, 2.45) is 0 Å². The van der Waals surface area contributed by atoms with Crippen LogP contribution >= 0.6 is 0 Å². The zero-order valence-electron chi connectivity index (χ0n) is 18.6. The van der Waals surface area contributed by atoms with Gasteiger partial charge in [-0.25, -0.2) is 29.7 Å². The molecule has 0 saturated carbocycles. The highest BCUT2D eigenvalue weighted by Crippen LogP contribution is 2.27. The van der Waals surface area contributed by atoms with Gasteiger partial charge in [-0.05, 0) is 41.0 Å². The first kappa shape index (κ1) is 21.0. The predicted molar refractivity (Wildman–Crippen MR) is 117 cm³/mol. The largest absolute Gasteiger partial charge is 0.444 e. The fourth-order valence-electron chi connectivity index (χ4n) is 3.63. The Morgan fingerprint density at radius 1 is 1.23 bits per heavy atom. The Morgan fingerprint density at radius 2 is 1.97 bits per heavy atom. The lowest BCUT2D eigenvalue weighted by Gasteiger charge is -2.24. The van der Waals surface area contributed by atoms with Gasteiger partial charge in [-0.15, -0.1) is 0 Å². The average Bonchev–Trinajstić information content (AvgIpc) is 3.32. The summed E-state index contributed by atoms with van der Waals surface area (Å²) < 4.78 is 7.51. The highest BCUT2D eigenvalue weighted by atomic mass is 16.6. The number of ether oxygens (including phenoxy) is 1. The maximum atomic E-state index is 12.4. The van der Waals surface area contributed by atoms with Gasteiger partial charge in [-0.1, -0.05) is 0 Å². The van der Waals surface area contributed by atoms with Gasteiger partial charge >= 0.3 is 6.09 Å². The van der Waals surface area contributed by atoms with Crippen LogP contribution < -0.4 is 5.32 Å². The van der Waals surface area contributed by atoms with Gasteiger partial charge in [0.15, 0.2) is 17.0 Å². The summed E-state index contributed by atoms with van der Waals surface area (Å²) in [4.78, 5) is 36.4. The lowest BCUT2D eigenvalue weighted by Crippen LogP contribution is -2.36. The summed E-state index contributed by atoms with van der Waals surface area (Å²) in [5.74, 6) is 2.12. The molecule has 164 valence electrons. The summed E-state index contributed by atoms with van der Waals surface area (Å²) in [6.07, 6.45) is 5.59. The number of carbonyl (C=O) groups is 1. The van der Waals surface area contributed by atoms with E-state index in [1.807, 2.05) is 39.2 Å². The van der Waals surface area contributed by atoms with Crippen molar-refractivity contribution in [1.82, 2.24) is 34.4 Å². The minimum absolute atomic E-state index is 0.0588. The number of nitrogens with one attached hydrogen (secondary N) is 1. The molecule has 1 fully saturated rings. The third kappa shape index (κ3) is 4.42. The number of aromatic nitrogens is 6. The lowest BCUT2D eigenvalue weighted by molar-refractivity contribution is 0.0293. The first-order valence-electron chi connectivity index (χ1n) is 10.5. The molecule has 3 aromatic heterocycles. The first-order chi connectivity index (χ1) is 14.7. The molecule has 0 bridgehead atoms. The normalized spacial score (nSPS) is 16.7. The van der Waals surface area contributed by atoms with E-state index in [9.17, 15) is 4.79 Å². The van der Waals surface area contributed by atoms with Gasteiger partial charge in [0.25, 0.3) is 0 Å². The summed E-state index contributed by atoms with van der Waals surface area (Å²) >= 11 is 0. The van der Waals surface area contributed by atoms with Crippen molar-refractivity contribution >= 4 is 23.1 Å². The molecular weight excluding hydrogens is 396 g/mol. The molecule has 1 unspecified atom stereocenters. The molecule has 10 nitrogen and oxygen atoms in total. The van der Waals surface area contributed by atoms with Gasteiger partial charge in [-0.2, -0.15) is 0 Å². The molecule has 0 spiro atoms. The number of anilines is 1. The number of imidazole rings is 1. The van der Waals surface area contributed by atoms with E-state index in [1.54, 1.807) is 17.3 Å². The maximum Gasteiger partial charge on any atom is 0.410 e. The van der Waals surface area contributed by atoms with Crippen LogP contribution in [-0.4, -0.2) is 65.2 Å². The zero-order chi connectivity index (χ0) is 22.2. The van der Waals surface area contributed by atoms with Gasteiger partial charge in [0.05, 0.1) is 5.56 Å². The topological polar surface area (TPSA) is 111 Å². The highest BCUT2D eigenvalue weighted by molar-refractivity contribution is 5.86. The predicted octanol–water partition coefficient (Wildman–Crippen LogP) is 3.03. The van der Waals surface area contributed by atoms with E-state index in [4.69, 9.17) is 9.72 Å². The van der Waals surface area contributed by atoms with Gasteiger partial charge in [-0.3, -0.25) is 0 Å². The smallest absolute Gasteiger partial charge is 0.410 e. The van der Waals surface area contributed by atoms with Crippen LogP contribution in [0.15, 0.2) is 18.7 Å². The van der Waals surface area contributed by atoms with Crippen molar-refractivity contribution < 1.29 is 9.53 Å². The van der Waals surface area contributed by atoms with E-state index < -0.39 is 5.60 Å². The van der Waals surface area contributed by atoms with Crippen LogP contribution in [-0.2, 0) is 11.3 Å². The van der Waals surface area contributed by atoms with Gasteiger partial charge in [0.1, 0.15) is 23.6 Å². The van der Waals surface area contributed by atoms with E-state index >= 15 is 0 Å². The minimum Gasteiger partial charge on any atom is -0.444 e. The van der Waals surface area contributed by atoms with Crippen molar-refractivity contribution in [1.29, 1.82) is 0 Å². The lowest BCUT2D eigenvalue weighted by atomic mass is 10.2. The highest BCUT2D eigenvalue weighted by Gasteiger charge is 2.30. The van der Waals surface area contributed by atoms with Gasteiger partial charge in [0.2, 0.25) is 0 Å². The Labute approximate surface area is 181 Å². The van der Waals surface area contributed by atoms with E-state index in [0.717, 1.165) is 23.5 Å². The molecule has 1 aliphatic rings. The van der Waals surface area contributed by atoms with Gasteiger partial charge < -0.3 is 19.5 Å². The second-order valence-electron chi connectivity index (χ2n) is 8.65. The fraction of sp³-hybridized carbons (Fsp3) is 0.524. The second kappa shape index (κ2) is 8.09. The first-order valence-corrected chi connectivity index (χ1v) is 10.5. The molecule has 4 rings (SSSR count). The molecule has 1 aliphatic heterocycles. The van der Waals surface area contributed by atoms with E-state index in [2.05, 4.69) is 25.3 Å². The summed E-state index contributed by atoms with van der Waals surface area (Å²) in [6, 6.07) is 0.0588. The second-order valence-corrected chi connectivity index (χ2v) is 8.65. The molecule has 0 radical (unpaired) electrons. The zero-order valence-corrected chi connectivity index (χ0v) is 18.6. The summed E-state index contributed by atoms with van der Waals surface area (Å²) in [5.41, 5.74) is 1.76. The summed E-state index contributed by atoms with van der Waals surface area (Å²) in [6.45, 7) is 11.4. The molecule has 1 N–H and O–H groups in total. The van der Waals surface area contributed by atoms with Crippen molar-refractivity contribution in [2.75, 3.05) is 18.4 Å². The molecule has 4 heterocycles. The molecular formula is C21H28N8O2. The van der Waals surface area contributed by atoms with Crippen molar-refractivity contribution in [3.05, 3.63) is 24.5 Å². The van der Waals surface area contributed by atoms with Crippen LogP contribution in [0.5, 0.6) is 0 Å². The third-order valence-electron chi connectivity index (χ3n) is 5.07. The number of aryl methyl sites for hydroxylation is 2. The number of rotatable bonds is 4. The van der Waals surface area contributed by atoms with E-state index in [1.165, 1.54) is 6.33 Å². The number of nitrogens with zero attached hydrogens (tertiary/aromatic N) is 7. The number of hydrogen-bond donors (Lipinski definition) is 1. The molecule has 3 aromatic rings. The Balaban J connectivity index is 1.58. The van der Waals surface area contributed by atoms with Crippen LogP contribution in [0.4, 0.5) is 10.6 Å². The molecule has 0 aromatic carbocycles. The van der Waals surface area contributed by atoms with Gasteiger partial charge in [0, 0.05) is 38.1 Å². The molecule has 10 heteroatoms. The van der Waals surface area contributed by atoms with Crippen LogP contribution in [0.3, 0.4) is 0 Å². The standard InChI is InChI=1S/C21H28N8O2/c1-6-29-18(14-9-22-13(2)23-10-14)27-16-17(24-12-25-19(16)29)26-15-7-8-28(11-15)20(30)31-21(3,4)5/h9-10,12,15H,6-8,11H2,1-5H3,(H,24,25,26). The number of likely N-dealkylation sites (tertiary alicyclic amines) is 1. The van der Waals surface area contributed by atoms with E-state index in [-0.39, 0.29) is 12.1 Å². The van der Waals surface area contributed by atoms with E-state index in [0.29, 0.717) is 36.8 Å². The fourth-order valence-corrected chi connectivity index (χ4v) is 3.63. The average molecular weight is 425 g/mol. The quantitative estimate of drug-likeness (QED) is 0.680. The van der Waals surface area contributed by atoms with Crippen LogP contribution in [0.2, 0.25) is 0 Å². The SMILES string of the molecule is CCn1c(-c2cnc(C)nc2)nc2c(NC3CCN(C(=O)OC(C)(C)C)C3)ncnc21. The van der Waals surface area contributed by atoms with Crippen molar-refractivity contribution in [2.45, 2.75) is 59.2 Å². The van der Waals surface area contributed by atoms with Crippen LogP contribution in [0, 0.1) is 6.92 Å². The number of hydrogen-bond acceptors (Lipinski definition) is 8. The molecule has 1 amide bonds. The number of fused-ring (bicyclic) bond motifs is 1. The minimum atomic E-state index is -0.509. The Morgan fingerprint density at radius 3 is 2.65 bits per heavy atom. The Hall–Kier alpha value is -3.30. The van der Waals surface area contributed by atoms with Crippen LogP contribution in [0.1, 0.15) is 39.9 Å². The summed E-state index contributed by atoms with van der Waals surface area (Å²) in [5, 5.41) is 3.45. The van der Waals surface area contributed by atoms with Crippen molar-refractivity contribution in [3.63, 3.8) is 0 Å². The summed E-state index contributed by atoms with van der Waals surface area (Å²) in [7, 11) is 0. The Kier molecular flexibility index (Phi) is 5.47. The molecule has 31 heavy (non-hydrogen) atoms.